The van der Waals surface area contributed by atoms with Gasteiger partial charge in [0.25, 0.3) is 0 Å². The summed E-state index contributed by atoms with van der Waals surface area (Å²) in [7, 11) is 1.62. The number of aromatic nitrogens is 1. The van der Waals surface area contributed by atoms with Gasteiger partial charge in [-0.1, -0.05) is 12.1 Å². The maximum absolute atomic E-state index is 12.6. The average Bonchev–Trinajstić information content (AvgIpc) is 3.10. The summed E-state index contributed by atoms with van der Waals surface area (Å²) in [5.41, 5.74) is 0.272. The van der Waals surface area contributed by atoms with Crippen LogP contribution in [0.25, 0.3) is 0 Å². The Balaban J connectivity index is 0.00000364. The first-order valence-corrected chi connectivity index (χ1v) is 8.97. The number of guanidine groups is 1. The molecule has 0 saturated carbocycles. The fraction of sp³-hybridized carbons (Fsp3) is 0.412. The van der Waals surface area contributed by atoms with Gasteiger partial charge in [0.1, 0.15) is 10.8 Å². The minimum absolute atomic E-state index is 0. The molecule has 1 heterocycles. The second-order valence-corrected chi connectivity index (χ2v) is 6.29. The molecule has 2 N–H and O–H groups in total. The van der Waals surface area contributed by atoms with Crippen molar-refractivity contribution >= 4 is 41.3 Å². The van der Waals surface area contributed by atoms with Crippen LogP contribution in [0.3, 0.4) is 0 Å². The van der Waals surface area contributed by atoms with Crippen LogP contribution in [0.4, 0.5) is 13.2 Å². The summed E-state index contributed by atoms with van der Waals surface area (Å²) in [5, 5.41) is 7.57. The van der Waals surface area contributed by atoms with Gasteiger partial charge in [-0.3, -0.25) is 0 Å². The number of nitrogens with zero attached hydrogens (tertiary/aromatic N) is 2. The van der Waals surface area contributed by atoms with Crippen LogP contribution < -0.4 is 15.4 Å². The van der Waals surface area contributed by atoms with E-state index < -0.39 is 11.9 Å². The predicted octanol–water partition coefficient (Wildman–Crippen LogP) is 4.09. The highest BCUT2D eigenvalue weighted by atomic mass is 127. The van der Waals surface area contributed by atoms with Gasteiger partial charge in [-0.25, -0.2) is 9.98 Å². The Kier molecular flexibility index (Phi) is 9.84. The number of nitrogens with one attached hydrogen (secondary N) is 2. The van der Waals surface area contributed by atoms with Crippen LogP contribution in [0.5, 0.6) is 5.75 Å². The Bertz CT molecular complexity index is 720. The summed E-state index contributed by atoms with van der Waals surface area (Å²) in [6, 6.07) is 7.77. The van der Waals surface area contributed by atoms with E-state index in [4.69, 9.17) is 4.74 Å². The fourth-order valence-corrected chi connectivity index (χ4v) is 2.84. The van der Waals surface area contributed by atoms with E-state index in [1.807, 2.05) is 31.2 Å². The monoisotopic (exact) mass is 514 g/mol. The molecule has 0 aliphatic heterocycles. The Morgan fingerprint density at radius 3 is 2.48 bits per heavy atom. The van der Waals surface area contributed by atoms with Crippen molar-refractivity contribution in [1.82, 2.24) is 15.6 Å². The van der Waals surface area contributed by atoms with Gasteiger partial charge in [0, 0.05) is 18.5 Å². The first-order chi connectivity index (χ1) is 12.4. The first kappa shape index (κ1) is 23.5. The lowest BCUT2D eigenvalue weighted by Crippen LogP contribution is -2.38. The second kappa shape index (κ2) is 11.3. The molecule has 0 aliphatic carbocycles. The van der Waals surface area contributed by atoms with Crippen LogP contribution >= 0.6 is 35.3 Å². The normalized spacial score (nSPS) is 11.7. The van der Waals surface area contributed by atoms with Gasteiger partial charge in [-0.2, -0.15) is 13.2 Å². The molecular formula is C17H22F3IN4OS. The number of benzene rings is 1. The standard InChI is InChI=1S/C17H21F3N4OS.HI/c1-3-21-16(22-9-8-12-4-6-13(25-2)7-5-12)23-10-15-24-14(11-26-15)17(18,19)20;/h4-7,11H,3,8-10H2,1-2H3,(H2,21,22,23);1H. The number of hydrogen-bond acceptors (Lipinski definition) is 4. The first-order valence-electron chi connectivity index (χ1n) is 8.09. The molecule has 0 bridgehead atoms. The Labute approximate surface area is 177 Å². The van der Waals surface area contributed by atoms with Gasteiger partial charge >= 0.3 is 6.18 Å². The van der Waals surface area contributed by atoms with Crippen molar-refractivity contribution in [3.05, 3.63) is 45.9 Å². The predicted molar refractivity (Wildman–Crippen MR) is 112 cm³/mol. The van der Waals surface area contributed by atoms with E-state index in [0.29, 0.717) is 24.1 Å². The van der Waals surface area contributed by atoms with Crippen molar-refractivity contribution in [2.75, 3.05) is 20.2 Å². The summed E-state index contributed by atoms with van der Waals surface area (Å²) in [6.07, 6.45) is -3.64. The number of halogens is 4. The van der Waals surface area contributed by atoms with Crippen LogP contribution in [-0.4, -0.2) is 31.1 Å². The van der Waals surface area contributed by atoms with Crippen molar-refractivity contribution in [3.63, 3.8) is 0 Å². The molecular weight excluding hydrogens is 492 g/mol. The van der Waals surface area contributed by atoms with Crippen molar-refractivity contribution in [1.29, 1.82) is 0 Å². The topological polar surface area (TPSA) is 58.5 Å². The maximum Gasteiger partial charge on any atom is 0.434 e. The summed E-state index contributed by atoms with van der Waals surface area (Å²) >= 11 is 0.955. The molecule has 150 valence electrons. The summed E-state index contributed by atoms with van der Waals surface area (Å²) in [5.74, 6) is 1.35. The van der Waals surface area contributed by atoms with Crippen LogP contribution in [0, 0.1) is 0 Å². The van der Waals surface area contributed by atoms with E-state index >= 15 is 0 Å². The smallest absolute Gasteiger partial charge is 0.434 e. The molecule has 27 heavy (non-hydrogen) atoms. The average molecular weight is 514 g/mol. The van der Waals surface area contributed by atoms with Crippen LogP contribution in [0.1, 0.15) is 23.2 Å². The number of hydrogen-bond donors (Lipinski definition) is 2. The van der Waals surface area contributed by atoms with Crippen LogP contribution in [-0.2, 0) is 19.1 Å². The molecule has 0 fully saturated rings. The lowest BCUT2D eigenvalue weighted by Gasteiger charge is -2.11. The van der Waals surface area contributed by atoms with Gasteiger partial charge in [0.15, 0.2) is 11.7 Å². The highest BCUT2D eigenvalue weighted by Crippen LogP contribution is 2.30. The summed E-state index contributed by atoms with van der Waals surface area (Å²) < 4.78 is 42.8. The van der Waals surface area contributed by atoms with E-state index in [-0.39, 0.29) is 30.5 Å². The van der Waals surface area contributed by atoms with Crippen molar-refractivity contribution in [2.24, 2.45) is 4.99 Å². The lowest BCUT2D eigenvalue weighted by molar-refractivity contribution is -0.140. The molecule has 0 atom stereocenters. The van der Waals surface area contributed by atoms with Gasteiger partial charge in [-0.15, -0.1) is 35.3 Å². The number of rotatable bonds is 7. The molecule has 0 unspecified atom stereocenters. The van der Waals surface area contributed by atoms with Crippen LogP contribution in [0.2, 0.25) is 0 Å². The zero-order valence-corrected chi connectivity index (χ0v) is 18.1. The largest absolute Gasteiger partial charge is 0.497 e. The lowest BCUT2D eigenvalue weighted by atomic mass is 10.1. The molecule has 10 heteroatoms. The third kappa shape index (κ3) is 7.91. The van der Waals surface area contributed by atoms with Crippen molar-refractivity contribution < 1.29 is 17.9 Å². The van der Waals surface area contributed by atoms with Crippen LogP contribution in [0.15, 0.2) is 34.6 Å². The van der Waals surface area contributed by atoms with Crippen molar-refractivity contribution in [3.8, 4) is 5.75 Å². The third-order valence-electron chi connectivity index (χ3n) is 3.42. The molecule has 1 aromatic heterocycles. The third-order valence-corrected chi connectivity index (χ3v) is 4.26. The molecule has 0 saturated heterocycles. The van der Waals surface area contributed by atoms with E-state index in [0.717, 1.165) is 34.5 Å². The summed E-state index contributed by atoms with van der Waals surface area (Å²) in [6.45, 7) is 3.31. The van der Waals surface area contributed by atoms with E-state index in [9.17, 15) is 13.2 Å². The fourth-order valence-electron chi connectivity index (χ4n) is 2.12. The number of thiazole rings is 1. The molecule has 2 rings (SSSR count). The van der Waals surface area contributed by atoms with Gasteiger partial charge in [0.2, 0.25) is 0 Å². The molecule has 1 aromatic carbocycles. The molecule has 0 radical (unpaired) electrons. The Morgan fingerprint density at radius 2 is 1.93 bits per heavy atom. The zero-order chi connectivity index (χ0) is 19.0. The molecule has 2 aromatic rings. The second-order valence-electron chi connectivity index (χ2n) is 5.34. The van der Waals surface area contributed by atoms with Gasteiger partial charge in [0.05, 0.1) is 13.7 Å². The minimum atomic E-state index is -4.42. The van der Waals surface area contributed by atoms with E-state index in [1.54, 1.807) is 7.11 Å². The van der Waals surface area contributed by atoms with E-state index in [1.165, 1.54) is 0 Å². The number of aliphatic imine (C=N–C) groups is 1. The Morgan fingerprint density at radius 1 is 1.22 bits per heavy atom. The van der Waals surface area contributed by atoms with Gasteiger partial charge in [-0.05, 0) is 31.0 Å². The van der Waals surface area contributed by atoms with Crippen molar-refractivity contribution in [2.45, 2.75) is 26.1 Å². The quantitative estimate of drug-likeness (QED) is 0.332. The maximum atomic E-state index is 12.6. The number of methoxy groups -OCH3 is 1. The SMILES string of the molecule is CCNC(=NCc1nc(C(F)(F)F)cs1)NCCc1ccc(OC)cc1.I. The molecule has 0 spiro atoms. The van der Waals surface area contributed by atoms with E-state index in [2.05, 4.69) is 20.6 Å². The Hall–Kier alpha value is -1.56. The van der Waals surface area contributed by atoms with Gasteiger partial charge < -0.3 is 15.4 Å². The number of alkyl halides is 3. The minimum Gasteiger partial charge on any atom is -0.497 e. The summed E-state index contributed by atoms with van der Waals surface area (Å²) in [4.78, 5) is 7.87. The molecule has 5 nitrogen and oxygen atoms in total. The zero-order valence-electron chi connectivity index (χ0n) is 15.0. The highest BCUT2D eigenvalue weighted by molar-refractivity contribution is 14.0. The number of ether oxygens (including phenoxy) is 1. The molecule has 0 amide bonds. The highest BCUT2D eigenvalue weighted by Gasteiger charge is 2.33. The molecule has 0 aliphatic rings.